The Morgan fingerprint density at radius 2 is 0.867 bits per heavy atom. The van der Waals surface area contributed by atoms with Crippen LogP contribution in [-0.4, -0.2) is 89.2 Å². The maximum atomic E-state index is 13.1. The van der Waals surface area contributed by atoms with Gasteiger partial charge in [0.25, 0.3) is 0 Å². The van der Waals surface area contributed by atoms with Crippen LogP contribution in [0.3, 0.4) is 0 Å². The molecular formula is C63H104O12. The summed E-state index contributed by atoms with van der Waals surface area (Å²) in [5.74, 6) is -3.23. The monoisotopic (exact) mass is 1050 g/mol. The van der Waals surface area contributed by atoms with Crippen LogP contribution in [0.2, 0.25) is 0 Å². The number of carboxylic acids is 1. The van der Waals surface area contributed by atoms with Gasteiger partial charge in [0.1, 0.15) is 18.8 Å². The fraction of sp³-hybridized carbons (Fsp3) is 0.714. The van der Waals surface area contributed by atoms with Crippen LogP contribution in [0.15, 0.2) is 85.1 Å². The van der Waals surface area contributed by atoms with Gasteiger partial charge in [0.15, 0.2) is 24.6 Å². The summed E-state index contributed by atoms with van der Waals surface area (Å²) in [5.41, 5.74) is 0. The summed E-state index contributed by atoms with van der Waals surface area (Å²) in [7, 11) is 0. The Labute approximate surface area is 454 Å². The van der Waals surface area contributed by atoms with Gasteiger partial charge in [-0.3, -0.25) is 14.4 Å². The molecule has 0 spiro atoms. The number of hydrogen-bond acceptors (Lipinski definition) is 11. The van der Waals surface area contributed by atoms with Gasteiger partial charge in [-0.2, -0.15) is 0 Å². The first-order valence-corrected chi connectivity index (χ1v) is 29.6. The maximum absolute atomic E-state index is 13.1. The molecule has 1 aliphatic heterocycles. The predicted molar refractivity (Wildman–Crippen MR) is 303 cm³/mol. The minimum Gasteiger partial charge on any atom is -0.479 e. The first kappa shape index (κ1) is 68.9. The fourth-order valence-electron chi connectivity index (χ4n) is 8.51. The molecule has 3 N–H and O–H groups in total. The molecule has 0 bridgehead atoms. The van der Waals surface area contributed by atoms with Gasteiger partial charge in [-0.1, -0.05) is 228 Å². The zero-order valence-corrected chi connectivity index (χ0v) is 47.0. The van der Waals surface area contributed by atoms with Crippen molar-refractivity contribution in [3.63, 3.8) is 0 Å². The van der Waals surface area contributed by atoms with Gasteiger partial charge < -0.3 is 39.0 Å². The second-order valence-electron chi connectivity index (χ2n) is 19.9. The average Bonchev–Trinajstić information content (AvgIpc) is 3.39. The van der Waals surface area contributed by atoms with E-state index in [4.69, 9.17) is 23.7 Å². The van der Waals surface area contributed by atoms with E-state index >= 15 is 0 Å². The first-order chi connectivity index (χ1) is 36.6. The van der Waals surface area contributed by atoms with E-state index in [0.29, 0.717) is 25.7 Å². The zero-order valence-electron chi connectivity index (χ0n) is 47.0. The lowest BCUT2D eigenvalue weighted by molar-refractivity contribution is -0.301. The van der Waals surface area contributed by atoms with Crippen LogP contribution in [0.4, 0.5) is 0 Å². The zero-order chi connectivity index (χ0) is 54.7. The molecule has 1 aliphatic rings. The van der Waals surface area contributed by atoms with E-state index in [2.05, 4.69) is 87.6 Å². The molecule has 1 fully saturated rings. The lowest BCUT2D eigenvalue weighted by Crippen LogP contribution is -2.61. The Bertz CT molecular complexity index is 1630. The van der Waals surface area contributed by atoms with Gasteiger partial charge in [0.2, 0.25) is 0 Å². The lowest BCUT2D eigenvalue weighted by Gasteiger charge is -2.40. The summed E-state index contributed by atoms with van der Waals surface area (Å²) in [6.45, 7) is 5.73. The normalized spacial score (nSPS) is 18.8. The highest BCUT2D eigenvalue weighted by atomic mass is 16.7. The molecule has 428 valence electrons. The SMILES string of the molecule is CC/C=C\C/C=C\C/C=C\C/C=C\CCC(=O)OC1C(OCC(COC(=O)CCCCCCCCC/C=C\C/C=C\C/C=C\CC)OC(=O)CCCCCCCCCCCCCCCCC)OC(C(=O)O)C(O)C1O. The average molecular weight is 1050 g/mol. The Kier molecular flexibility index (Phi) is 46.6. The summed E-state index contributed by atoms with van der Waals surface area (Å²) in [6.07, 6.45) is 52.8. The number of ether oxygens (including phenoxy) is 5. The van der Waals surface area contributed by atoms with Crippen LogP contribution in [-0.2, 0) is 42.9 Å². The molecule has 0 aromatic carbocycles. The number of aliphatic hydroxyl groups excluding tert-OH is 2. The third kappa shape index (κ3) is 40.8. The van der Waals surface area contributed by atoms with Crippen LogP contribution in [0, 0.1) is 0 Å². The molecule has 0 aromatic rings. The van der Waals surface area contributed by atoms with Crippen LogP contribution < -0.4 is 0 Å². The van der Waals surface area contributed by atoms with E-state index in [9.17, 15) is 34.5 Å². The first-order valence-electron chi connectivity index (χ1n) is 29.6. The van der Waals surface area contributed by atoms with Crippen molar-refractivity contribution in [1.29, 1.82) is 0 Å². The molecular weight excluding hydrogens is 949 g/mol. The van der Waals surface area contributed by atoms with Crippen LogP contribution >= 0.6 is 0 Å². The van der Waals surface area contributed by atoms with Crippen molar-refractivity contribution in [3.8, 4) is 0 Å². The number of carbonyl (C=O) groups is 4. The van der Waals surface area contributed by atoms with Gasteiger partial charge in [0, 0.05) is 19.3 Å². The highest BCUT2D eigenvalue weighted by molar-refractivity contribution is 5.74. The number of allylic oxidation sites excluding steroid dienone is 14. The number of unbranched alkanes of at least 4 members (excludes halogenated alkanes) is 21. The topological polar surface area (TPSA) is 175 Å². The number of aliphatic hydroxyl groups is 2. The largest absolute Gasteiger partial charge is 0.479 e. The highest BCUT2D eigenvalue weighted by Gasteiger charge is 2.50. The van der Waals surface area contributed by atoms with Crippen molar-refractivity contribution in [2.24, 2.45) is 0 Å². The van der Waals surface area contributed by atoms with Crippen LogP contribution in [0.25, 0.3) is 0 Å². The maximum Gasteiger partial charge on any atom is 0.335 e. The number of hydrogen-bond donors (Lipinski definition) is 3. The van der Waals surface area contributed by atoms with Crippen molar-refractivity contribution in [2.45, 2.75) is 276 Å². The fourth-order valence-corrected chi connectivity index (χ4v) is 8.51. The van der Waals surface area contributed by atoms with E-state index in [1.165, 1.54) is 77.0 Å². The Morgan fingerprint density at radius 3 is 1.33 bits per heavy atom. The molecule has 0 aromatic heterocycles. The standard InChI is InChI=1S/C63H104O12/c1-4-7-10-13-16-19-22-25-27-28-30-32-34-37-40-43-46-49-55(64)71-52-54(73-56(65)50-47-44-41-38-36-33-29-26-23-20-17-14-11-8-5-2)53-72-63-61(59(68)58(67)60(75-63)62(69)70)74-57(66)51-48-45-42-39-35-31-24-21-18-15-12-9-6-3/h7,9-10,12,16,18-19,21,25,27,31,35,42,45,54,58-61,63,67-68H,4-6,8,11,13-15,17,20,22-24,26,28-30,32-34,36-41,43-44,46-53H2,1-3H3,(H,69,70)/b10-7-,12-9-,19-16-,21-18-,27-25-,35-31-,45-42-. The number of carboxylic acid groups (broad SMARTS) is 1. The number of esters is 3. The molecule has 1 rings (SSSR count). The predicted octanol–water partition coefficient (Wildman–Crippen LogP) is 15.1. The molecule has 0 radical (unpaired) electrons. The van der Waals surface area contributed by atoms with E-state index in [-0.39, 0.29) is 25.9 Å². The summed E-state index contributed by atoms with van der Waals surface area (Å²) >= 11 is 0. The Hall–Kier alpha value is -4.10. The van der Waals surface area contributed by atoms with Gasteiger partial charge in [-0.25, -0.2) is 4.79 Å². The number of aliphatic carboxylic acids is 1. The smallest absolute Gasteiger partial charge is 0.335 e. The molecule has 1 saturated heterocycles. The second-order valence-corrected chi connectivity index (χ2v) is 19.9. The number of rotatable bonds is 49. The Balaban J connectivity index is 2.72. The van der Waals surface area contributed by atoms with Crippen molar-refractivity contribution < 1.29 is 58.2 Å². The van der Waals surface area contributed by atoms with Gasteiger partial charge in [-0.15, -0.1) is 0 Å². The van der Waals surface area contributed by atoms with Crippen LogP contribution in [0.5, 0.6) is 0 Å². The second kappa shape index (κ2) is 50.7. The molecule has 0 saturated carbocycles. The van der Waals surface area contributed by atoms with Crippen molar-refractivity contribution in [1.82, 2.24) is 0 Å². The van der Waals surface area contributed by atoms with Crippen LogP contribution in [0.1, 0.15) is 239 Å². The summed E-state index contributed by atoms with van der Waals surface area (Å²) in [6, 6.07) is 0. The quantitative estimate of drug-likeness (QED) is 0.0228. The van der Waals surface area contributed by atoms with Gasteiger partial charge in [-0.05, 0) is 77.0 Å². The van der Waals surface area contributed by atoms with Crippen molar-refractivity contribution >= 4 is 23.9 Å². The van der Waals surface area contributed by atoms with E-state index in [1.807, 2.05) is 18.2 Å². The Morgan fingerprint density at radius 1 is 0.453 bits per heavy atom. The molecule has 6 atom stereocenters. The molecule has 6 unspecified atom stereocenters. The summed E-state index contributed by atoms with van der Waals surface area (Å²) in [5, 5.41) is 31.4. The van der Waals surface area contributed by atoms with Gasteiger partial charge in [0.05, 0.1) is 6.61 Å². The summed E-state index contributed by atoms with van der Waals surface area (Å²) in [4.78, 5) is 51.1. The summed E-state index contributed by atoms with van der Waals surface area (Å²) < 4.78 is 28.3. The minimum atomic E-state index is -1.93. The third-order valence-corrected chi connectivity index (χ3v) is 13.0. The molecule has 1 heterocycles. The van der Waals surface area contributed by atoms with Crippen molar-refractivity contribution in [2.75, 3.05) is 13.2 Å². The van der Waals surface area contributed by atoms with Gasteiger partial charge >= 0.3 is 23.9 Å². The molecule has 12 heteroatoms. The third-order valence-electron chi connectivity index (χ3n) is 13.0. The minimum absolute atomic E-state index is 0.0631. The molecule has 12 nitrogen and oxygen atoms in total. The molecule has 0 amide bonds. The lowest BCUT2D eigenvalue weighted by atomic mass is 9.98. The molecule has 75 heavy (non-hydrogen) atoms. The van der Waals surface area contributed by atoms with Crippen molar-refractivity contribution in [3.05, 3.63) is 85.1 Å². The van der Waals surface area contributed by atoms with E-state index in [1.54, 1.807) is 0 Å². The van der Waals surface area contributed by atoms with E-state index < -0.39 is 67.3 Å². The highest BCUT2D eigenvalue weighted by Crippen LogP contribution is 2.26. The molecule has 0 aliphatic carbocycles. The number of carbonyl (C=O) groups excluding carboxylic acids is 3. The van der Waals surface area contributed by atoms with E-state index in [0.717, 1.165) is 96.3 Å².